The minimum Gasteiger partial charge on any atom is -0.496 e. The van der Waals surface area contributed by atoms with Crippen LogP contribution >= 0.6 is 11.3 Å². The number of ether oxygens (including phenoxy) is 2. The highest BCUT2D eigenvalue weighted by Crippen LogP contribution is 2.39. The van der Waals surface area contributed by atoms with Crippen LogP contribution in [0.4, 0.5) is 18.0 Å². The monoisotopic (exact) mass is 642 g/mol. The topological polar surface area (TPSA) is 103 Å². The highest BCUT2D eigenvalue weighted by Gasteiger charge is 2.42. The molecular weight excluding hydrogens is 609 g/mol. The number of allylic oxidation sites excluding steroid dienone is 1. The SMILES string of the molecule is C=CCCCCN(C)C(=O)C1C[C@H](Oc2cc(-c3nc(C(F)(F)F)cs3)nc3c(C)c(OC)ccc23)CN1C(=O)n1ccnc1. The molecule has 1 aliphatic heterocycles. The average Bonchev–Trinajstić information content (AvgIpc) is 3.80. The van der Waals surface area contributed by atoms with Crippen LogP contribution in [0.15, 0.2) is 55.0 Å². The molecule has 5 rings (SSSR count). The van der Waals surface area contributed by atoms with Gasteiger partial charge in [0.15, 0.2) is 5.69 Å². The van der Waals surface area contributed by atoms with E-state index in [9.17, 15) is 22.8 Å². The van der Waals surface area contributed by atoms with E-state index in [4.69, 9.17) is 9.47 Å². The summed E-state index contributed by atoms with van der Waals surface area (Å²) >= 11 is 0.827. The first kappa shape index (κ1) is 31.9. The van der Waals surface area contributed by atoms with Gasteiger partial charge in [-0.1, -0.05) is 6.08 Å². The largest absolute Gasteiger partial charge is 0.496 e. The molecule has 3 aromatic heterocycles. The Kier molecular flexibility index (Phi) is 9.42. The van der Waals surface area contributed by atoms with Gasteiger partial charge in [-0.15, -0.1) is 17.9 Å². The normalized spacial score (nSPS) is 16.6. The Hall–Kier alpha value is -4.46. The molecule has 14 heteroatoms. The number of rotatable bonds is 10. The number of nitrogens with zero attached hydrogens (tertiary/aromatic N) is 6. The Balaban J connectivity index is 1.49. The lowest BCUT2D eigenvalue weighted by Crippen LogP contribution is -2.47. The zero-order valence-electron chi connectivity index (χ0n) is 25.1. The Bertz CT molecular complexity index is 1690. The molecule has 10 nitrogen and oxygen atoms in total. The van der Waals surface area contributed by atoms with Crippen LogP contribution in [0, 0.1) is 6.92 Å². The summed E-state index contributed by atoms with van der Waals surface area (Å²) in [6.45, 7) is 6.15. The number of aromatic nitrogens is 4. The molecule has 0 aliphatic carbocycles. The van der Waals surface area contributed by atoms with Gasteiger partial charge in [0.25, 0.3) is 0 Å². The van der Waals surface area contributed by atoms with Crippen molar-refractivity contribution in [3.8, 4) is 22.2 Å². The summed E-state index contributed by atoms with van der Waals surface area (Å²) in [6.07, 6.45) is 3.73. The molecule has 1 fully saturated rings. The van der Waals surface area contributed by atoms with Crippen LogP contribution in [0.3, 0.4) is 0 Å². The highest BCUT2D eigenvalue weighted by molar-refractivity contribution is 7.13. The van der Waals surface area contributed by atoms with Crippen molar-refractivity contribution in [3.63, 3.8) is 0 Å². The zero-order valence-corrected chi connectivity index (χ0v) is 25.9. The van der Waals surface area contributed by atoms with Crippen molar-refractivity contribution in [1.29, 1.82) is 0 Å². The second-order valence-electron chi connectivity index (χ2n) is 10.8. The summed E-state index contributed by atoms with van der Waals surface area (Å²) in [7, 11) is 3.23. The lowest BCUT2D eigenvalue weighted by atomic mass is 10.1. The van der Waals surface area contributed by atoms with Crippen LogP contribution in [0.25, 0.3) is 21.6 Å². The third-order valence-electron chi connectivity index (χ3n) is 7.72. The van der Waals surface area contributed by atoms with Gasteiger partial charge in [0.2, 0.25) is 5.91 Å². The van der Waals surface area contributed by atoms with Gasteiger partial charge in [0.05, 0.1) is 19.2 Å². The molecule has 4 heterocycles. The van der Waals surface area contributed by atoms with Crippen molar-refractivity contribution in [2.45, 2.75) is 50.9 Å². The van der Waals surface area contributed by atoms with Gasteiger partial charge < -0.3 is 19.3 Å². The number of aryl methyl sites for hydroxylation is 1. The van der Waals surface area contributed by atoms with Crippen LogP contribution in [-0.4, -0.2) is 80.6 Å². The number of unbranched alkanes of at least 4 members (excludes halogenated alkanes) is 2. The number of carbonyl (C=O) groups is 2. The van der Waals surface area contributed by atoms with Gasteiger partial charge in [-0.25, -0.2) is 19.7 Å². The fourth-order valence-corrected chi connectivity index (χ4v) is 6.15. The van der Waals surface area contributed by atoms with Crippen molar-refractivity contribution in [3.05, 3.63) is 66.2 Å². The number of hydrogen-bond donors (Lipinski definition) is 0. The van der Waals surface area contributed by atoms with Crippen molar-refractivity contribution in [2.75, 3.05) is 27.2 Å². The number of imidazole rings is 1. The average molecular weight is 643 g/mol. The van der Waals surface area contributed by atoms with E-state index in [-0.39, 0.29) is 29.6 Å². The minimum atomic E-state index is -4.60. The van der Waals surface area contributed by atoms with E-state index in [0.717, 1.165) is 36.0 Å². The minimum absolute atomic E-state index is 0.0748. The molecule has 1 unspecified atom stereocenters. The van der Waals surface area contributed by atoms with Crippen molar-refractivity contribution < 1.29 is 32.2 Å². The number of fused-ring (bicyclic) bond motifs is 1. The molecule has 0 spiro atoms. The molecule has 1 aromatic carbocycles. The Labute approximate surface area is 262 Å². The Morgan fingerprint density at radius 1 is 1.22 bits per heavy atom. The standard InChI is InChI=1S/C31H33F3N6O4S/c1-5-6-7-8-12-38(3)29(41)23-14-20(16-40(23)30(42)39-13-11-35-18-39)44-25-15-22(28-37-26(17-45-28)31(32,33)34)36-27-19(2)24(43-4)10-9-21(25)27/h5,9-11,13,15,17-18,20,23H,1,6-8,12,14,16H2,2-4H3/t20-,23?/m0/s1. The summed E-state index contributed by atoms with van der Waals surface area (Å²) in [5.74, 6) is 0.680. The van der Waals surface area contributed by atoms with Gasteiger partial charge >= 0.3 is 12.2 Å². The predicted molar refractivity (Wildman–Crippen MR) is 163 cm³/mol. The van der Waals surface area contributed by atoms with Gasteiger partial charge in [0, 0.05) is 54.8 Å². The van der Waals surface area contributed by atoms with E-state index in [1.54, 1.807) is 37.1 Å². The number of methoxy groups -OCH3 is 1. The van der Waals surface area contributed by atoms with Crippen LogP contribution < -0.4 is 9.47 Å². The van der Waals surface area contributed by atoms with E-state index >= 15 is 0 Å². The van der Waals surface area contributed by atoms with Crippen molar-refractivity contribution in [1.82, 2.24) is 29.3 Å². The lowest BCUT2D eigenvalue weighted by Gasteiger charge is -2.27. The van der Waals surface area contributed by atoms with E-state index in [1.165, 1.54) is 35.3 Å². The van der Waals surface area contributed by atoms with E-state index in [2.05, 4.69) is 21.5 Å². The molecule has 0 saturated carbocycles. The van der Waals surface area contributed by atoms with Crippen LogP contribution in [0.5, 0.6) is 11.5 Å². The number of benzene rings is 1. The second kappa shape index (κ2) is 13.3. The maximum atomic E-state index is 13.7. The van der Waals surface area contributed by atoms with E-state index < -0.39 is 30.0 Å². The van der Waals surface area contributed by atoms with E-state index in [1.807, 2.05) is 6.08 Å². The fraction of sp³-hybridized carbons (Fsp3) is 0.387. The molecule has 2 atom stereocenters. The molecule has 1 saturated heterocycles. The molecule has 0 bridgehead atoms. The second-order valence-corrected chi connectivity index (χ2v) is 11.6. The summed E-state index contributed by atoms with van der Waals surface area (Å²) in [5, 5.41) is 1.62. The number of thiazole rings is 1. The number of pyridine rings is 1. The number of alkyl halides is 3. The van der Waals surface area contributed by atoms with Crippen LogP contribution in [0.1, 0.15) is 36.9 Å². The third kappa shape index (κ3) is 6.80. The van der Waals surface area contributed by atoms with Crippen molar-refractivity contribution in [2.24, 2.45) is 0 Å². The van der Waals surface area contributed by atoms with Gasteiger partial charge in [-0.05, 0) is 38.3 Å². The third-order valence-corrected chi connectivity index (χ3v) is 8.59. The maximum Gasteiger partial charge on any atom is 0.434 e. The first-order chi connectivity index (χ1) is 21.5. The Morgan fingerprint density at radius 2 is 2.02 bits per heavy atom. The first-order valence-electron chi connectivity index (χ1n) is 14.3. The summed E-state index contributed by atoms with van der Waals surface area (Å²) in [4.78, 5) is 42.6. The molecule has 238 valence electrons. The number of hydrogen-bond acceptors (Lipinski definition) is 8. The number of likely N-dealkylation sites (N-methyl/N-ethyl adjacent to an activating group) is 1. The number of halogens is 3. The first-order valence-corrected chi connectivity index (χ1v) is 15.2. The van der Waals surface area contributed by atoms with Crippen LogP contribution in [-0.2, 0) is 11.0 Å². The molecule has 0 N–H and O–H groups in total. The smallest absolute Gasteiger partial charge is 0.434 e. The summed E-state index contributed by atoms with van der Waals surface area (Å²) in [5.41, 5.74) is 0.338. The summed E-state index contributed by atoms with van der Waals surface area (Å²) < 4.78 is 53.3. The molecule has 0 radical (unpaired) electrons. The molecular formula is C31H33F3N6O4S. The fourth-order valence-electron chi connectivity index (χ4n) is 5.36. The van der Waals surface area contributed by atoms with Gasteiger partial charge in [-0.3, -0.25) is 9.36 Å². The molecule has 4 aromatic rings. The van der Waals surface area contributed by atoms with Crippen LogP contribution in [0.2, 0.25) is 0 Å². The predicted octanol–water partition coefficient (Wildman–Crippen LogP) is 6.20. The number of carbonyl (C=O) groups excluding carboxylic acids is 2. The number of amides is 2. The maximum absolute atomic E-state index is 13.7. The Morgan fingerprint density at radius 3 is 2.69 bits per heavy atom. The quantitative estimate of drug-likeness (QED) is 0.150. The van der Waals surface area contributed by atoms with Gasteiger partial charge in [-0.2, -0.15) is 13.2 Å². The summed E-state index contributed by atoms with van der Waals surface area (Å²) in [6, 6.07) is 3.86. The molecule has 2 amide bonds. The van der Waals surface area contributed by atoms with Crippen molar-refractivity contribution >= 4 is 34.2 Å². The number of likely N-dealkylation sites (tertiary alicyclic amines) is 1. The molecule has 45 heavy (non-hydrogen) atoms. The zero-order chi connectivity index (χ0) is 32.3. The van der Waals surface area contributed by atoms with E-state index in [0.29, 0.717) is 34.5 Å². The van der Waals surface area contributed by atoms with Gasteiger partial charge in [0.1, 0.15) is 40.7 Å². The lowest BCUT2D eigenvalue weighted by molar-refractivity contribution is -0.140. The highest BCUT2D eigenvalue weighted by atomic mass is 32.1. The molecule has 1 aliphatic rings.